The van der Waals surface area contributed by atoms with E-state index in [1.807, 2.05) is 11.8 Å². The van der Waals surface area contributed by atoms with E-state index in [-0.39, 0.29) is 5.91 Å². The van der Waals surface area contributed by atoms with Crippen LogP contribution in [-0.2, 0) is 11.3 Å². The summed E-state index contributed by atoms with van der Waals surface area (Å²) in [5, 5.41) is 11.0. The third-order valence-electron chi connectivity index (χ3n) is 3.40. The number of rotatable bonds is 5. The van der Waals surface area contributed by atoms with E-state index in [0.717, 1.165) is 32.5 Å². The lowest BCUT2D eigenvalue weighted by molar-refractivity contribution is -0.134. The third-order valence-corrected chi connectivity index (χ3v) is 3.40. The molecule has 6 nitrogen and oxygen atoms in total. The van der Waals surface area contributed by atoms with Gasteiger partial charge in [-0.3, -0.25) is 9.48 Å². The average molecular weight is 251 g/mol. The standard InChI is InChI=1S/C12H21N5O/c1-2-17(11-4-3-6-13-10-11)12(18)5-8-16-9-7-14-15-16/h7,9,11,13H,2-6,8,10H2,1H3. The minimum Gasteiger partial charge on any atom is -0.339 e. The van der Waals surface area contributed by atoms with Crippen molar-refractivity contribution >= 4 is 5.91 Å². The lowest BCUT2D eigenvalue weighted by Crippen LogP contribution is -2.48. The van der Waals surface area contributed by atoms with Crippen molar-refractivity contribution in [2.24, 2.45) is 0 Å². The second-order valence-electron chi connectivity index (χ2n) is 4.60. The molecule has 6 heteroatoms. The molecule has 2 rings (SSSR count). The molecule has 1 unspecified atom stereocenters. The van der Waals surface area contributed by atoms with Crippen molar-refractivity contribution in [3.63, 3.8) is 0 Å². The first-order valence-electron chi connectivity index (χ1n) is 6.65. The first-order chi connectivity index (χ1) is 8.81. The lowest BCUT2D eigenvalue weighted by Gasteiger charge is -2.34. The molecule has 1 N–H and O–H groups in total. The first-order valence-corrected chi connectivity index (χ1v) is 6.65. The van der Waals surface area contributed by atoms with Crippen LogP contribution in [-0.4, -0.2) is 51.5 Å². The van der Waals surface area contributed by atoms with Crippen LogP contribution >= 0.6 is 0 Å². The highest BCUT2D eigenvalue weighted by molar-refractivity contribution is 5.76. The number of hydrogen-bond donors (Lipinski definition) is 1. The van der Waals surface area contributed by atoms with Crippen molar-refractivity contribution in [1.82, 2.24) is 25.2 Å². The molecule has 1 atom stereocenters. The van der Waals surface area contributed by atoms with Crippen LogP contribution in [0.4, 0.5) is 0 Å². The topological polar surface area (TPSA) is 63.1 Å². The second kappa shape index (κ2) is 6.49. The zero-order chi connectivity index (χ0) is 12.8. The predicted molar refractivity (Wildman–Crippen MR) is 67.9 cm³/mol. The summed E-state index contributed by atoms with van der Waals surface area (Å²) in [5.74, 6) is 0.210. The molecule has 0 aliphatic carbocycles. The fraction of sp³-hybridized carbons (Fsp3) is 0.750. The van der Waals surface area contributed by atoms with E-state index in [1.54, 1.807) is 17.1 Å². The van der Waals surface area contributed by atoms with Crippen LogP contribution in [0.1, 0.15) is 26.2 Å². The van der Waals surface area contributed by atoms with Crippen molar-refractivity contribution in [2.75, 3.05) is 19.6 Å². The summed E-state index contributed by atoms with van der Waals surface area (Å²) in [6.07, 6.45) is 6.17. The summed E-state index contributed by atoms with van der Waals surface area (Å²) >= 11 is 0. The van der Waals surface area contributed by atoms with Gasteiger partial charge in [0, 0.05) is 31.7 Å². The Hall–Kier alpha value is -1.43. The Balaban J connectivity index is 1.84. The zero-order valence-electron chi connectivity index (χ0n) is 10.9. The molecule has 0 radical (unpaired) electrons. The molecule has 1 fully saturated rings. The van der Waals surface area contributed by atoms with E-state index in [0.29, 0.717) is 19.0 Å². The van der Waals surface area contributed by atoms with E-state index in [9.17, 15) is 4.79 Å². The summed E-state index contributed by atoms with van der Waals surface area (Å²) in [7, 11) is 0. The maximum Gasteiger partial charge on any atom is 0.224 e. The van der Waals surface area contributed by atoms with Gasteiger partial charge in [0.15, 0.2) is 0 Å². The predicted octanol–water partition coefficient (Wildman–Crippen LogP) is 0.269. The fourth-order valence-corrected chi connectivity index (χ4v) is 2.44. The number of carbonyl (C=O) groups excluding carboxylic acids is 1. The SMILES string of the molecule is CCN(C(=O)CCn1ccnn1)C1CCCNC1. The van der Waals surface area contributed by atoms with Crippen LogP contribution in [0, 0.1) is 0 Å². The zero-order valence-corrected chi connectivity index (χ0v) is 10.9. The molecule has 1 aromatic rings. The smallest absolute Gasteiger partial charge is 0.224 e. The molecular weight excluding hydrogens is 230 g/mol. The molecule has 1 amide bonds. The van der Waals surface area contributed by atoms with Crippen LogP contribution in [0.15, 0.2) is 12.4 Å². The highest BCUT2D eigenvalue weighted by Crippen LogP contribution is 2.11. The number of aryl methyl sites for hydroxylation is 1. The fourth-order valence-electron chi connectivity index (χ4n) is 2.44. The Morgan fingerprint density at radius 3 is 3.11 bits per heavy atom. The maximum atomic E-state index is 12.2. The van der Waals surface area contributed by atoms with Crippen LogP contribution in [0.5, 0.6) is 0 Å². The van der Waals surface area contributed by atoms with Gasteiger partial charge in [-0.25, -0.2) is 0 Å². The molecule has 0 spiro atoms. The maximum absolute atomic E-state index is 12.2. The normalized spacial score (nSPS) is 19.7. The first kappa shape index (κ1) is 13.0. The summed E-state index contributed by atoms with van der Waals surface area (Å²) < 4.78 is 1.70. The van der Waals surface area contributed by atoms with Gasteiger partial charge in [0.05, 0.1) is 12.7 Å². The Labute approximate surface area is 107 Å². The summed E-state index contributed by atoms with van der Waals surface area (Å²) in [6.45, 7) is 5.42. The van der Waals surface area contributed by atoms with Gasteiger partial charge in [-0.15, -0.1) is 5.10 Å². The Kier molecular flexibility index (Phi) is 4.69. The van der Waals surface area contributed by atoms with E-state index >= 15 is 0 Å². The van der Waals surface area contributed by atoms with Crippen LogP contribution in [0.25, 0.3) is 0 Å². The molecule has 0 bridgehead atoms. The van der Waals surface area contributed by atoms with E-state index in [1.165, 1.54) is 0 Å². The molecule has 0 saturated carbocycles. The van der Waals surface area contributed by atoms with Gasteiger partial charge >= 0.3 is 0 Å². The molecular formula is C12H21N5O. The van der Waals surface area contributed by atoms with Crippen LogP contribution in [0.2, 0.25) is 0 Å². The monoisotopic (exact) mass is 251 g/mol. The molecule has 1 saturated heterocycles. The number of amides is 1. The lowest BCUT2D eigenvalue weighted by atomic mass is 10.1. The van der Waals surface area contributed by atoms with Gasteiger partial charge in [0.2, 0.25) is 5.91 Å². The number of nitrogens with one attached hydrogen (secondary N) is 1. The van der Waals surface area contributed by atoms with Crippen molar-refractivity contribution in [1.29, 1.82) is 0 Å². The van der Waals surface area contributed by atoms with Crippen molar-refractivity contribution in [2.45, 2.75) is 38.8 Å². The molecule has 1 aromatic heterocycles. The minimum absolute atomic E-state index is 0.210. The average Bonchev–Trinajstić information content (AvgIpc) is 2.92. The quantitative estimate of drug-likeness (QED) is 0.816. The summed E-state index contributed by atoms with van der Waals surface area (Å²) in [5.41, 5.74) is 0. The van der Waals surface area contributed by atoms with E-state index in [2.05, 4.69) is 15.6 Å². The van der Waals surface area contributed by atoms with Gasteiger partial charge in [-0.1, -0.05) is 5.21 Å². The van der Waals surface area contributed by atoms with Gasteiger partial charge in [-0.2, -0.15) is 0 Å². The number of hydrogen-bond acceptors (Lipinski definition) is 4. The number of carbonyl (C=O) groups is 1. The Morgan fingerprint density at radius 1 is 1.61 bits per heavy atom. The second-order valence-corrected chi connectivity index (χ2v) is 4.60. The van der Waals surface area contributed by atoms with E-state index in [4.69, 9.17) is 0 Å². The number of piperidine rings is 1. The highest BCUT2D eigenvalue weighted by Gasteiger charge is 2.23. The number of likely N-dealkylation sites (N-methyl/N-ethyl adjacent to an activating group) is 1. The molecule has 18 heavy (non-hydrogen) atoms. The molecule has 0 aromatic carbocycles. The van der Waals surface area contributed by atoms with Crippen molar-refractivity contribution in [3.05, 3.63) is 12.4 Å². The van der Waals surface area contributed by atoms with Crippen LogP contribution < -0.4 is 5.32 Å². The van der Waals surface area contributed by atoms with Gasteiger partial charge in [0.1, 0.15) is 0 Å². The highest BCUT2D eigenvalue weighted by atomic mass is 16.2. The number of aromatic nitrogens is 3. The Morgan fingerprint density at radius 2 is 2.50 bits per heavy atom. The van der Waals surface area contributed by atoms with Gasteiger partial charge in [0.25, 0.3) is 0 Å². The van der Waals surface area contributed by atoms with Gasteiger partial charge in [-0.05, 0) is 26.3 Å². The van der Waals surface area contributed by atoms with Crippen molar-refractivity contribution < 1.29 is 4.79 Å². The number of nitrogens with zero attached hydrogens (tertiary/aromatic N) is 4. The minimum atomic E-state index is 0.210. The van der Waals surface area contributed by atoms with Crippen molar-refractivity contribution in [3.8, 4) is 0 Å². The van der Waals surface area contributed by atoms with Crippen LogP contribution in [0.3, 0.4) is 0 Å². The summed E-state index contributed by atoms with van der Waals surface area (Å²) in [6, 6.07) is 0.354. The molecule has 1 aliphatic rings. The molecule has 2 heterocycles. The molecule has 1 aliphatic heterocycles. The Bertz CT molecular complexity index is 359. The third kappa shape index (κ3) is 3.29. The van der Waals surface area contributed by atoms with Gasteiger partial charge < -0.3 is 10.2 Å². The summed E-state index contributed by atoms with van der Waals surface area (Å²) in [4.78, 5) is 14.2. The largest absolute Gasteiger partial charge is 0.339 e. The van der Waals surface area contributed by atoms with E-state index < -0.39 is 0 Å². The molecule has 100 valence electrons.